The summed E-state index contributed by atoms with van der Waals surface area (Å²) in [6.07, 6.45) is 3.16. The van der Waals surface area contributed by atoms with E-state index >= 15 is 0 Å². The average molecular weight is 508 g/mol. The van der Waals surface area contributed by atoms with Gasteiger partial charge in [-0.1, -0.05) is 36.4 Å². The molecule has 2 aromatic carbocycles. The molecule has 3 N–H and O–H groups in total. The standard InChI is InChI=1S/C29H25N5O4/c35-25(24-8-4-7-22(33-24)23-13-14-30-34-23)31-20-9-11-21(12-10-20)32-26(36)28-16-29(17-28,18-28)27(37)38-15-19-5-2-1-3-6-19/h1-14H,15-18H2,(H,30,34)(H,31,35)(H,32,36). The van der Waals surface area contributed by atoms with Crippen molar-refractivity contribution in [3.05, 3.63) is 96.3 Å². The molecule has 2 heterocycles. The van der Waals surface area contributed by atoms with E-state index in [1.807, 2.05) is 30.3 Å². The maximum atomic E-state index is 12.9. The lowest BCUT2D eigenvalue weighted by Crippen LogP contribution is -2.69. The van der Waals surface area contributed by atoms with Gasteiger partial charge in [0.05, 0.1) is 22.2 Å². The number of aromatic amines is 1. The predicted octanol–water partition coefficient (Wildman–Crippen LogP) is 4.58. The largest absolute Gasteiger partial charge is 0.460 e. The summed E-state index contributed by atoms with van der Waals surface area (Å²) in [5.74, 6) is -0.658. The minimum Gasteiger partial charge on any atom is -0.460 e. The van der Waals surface area contributed by atoms with Crippen molar-refractivity contribution < 1.29 is 19.1 Å². The van der Waals surface area contributed by atoms with Crippen molar-refractivity contribution in [1.82, 2.24) is 15.2 Å². The molecule has 0 saturated heterocycles. The van der Waals surface area contributed by atoms with Gasteiger partial charge in [-0.2, -0.15) is 5.10 Å². The molecule has 3 aliphatic carbocycles. The fourth-order valence-corrected chi connectivity index (χ4v) is 5.33. The Morgan fingerprint density at radius 3 is 2.21 bits per heavy atom. The molecule has 2 bridgehead atoms. The molecule has 9 nitrogen and oxygen atoms in total. The number of pyridine rings is 1. The topological polar surface area (TPSA) is 126 Å². The van der Waals surface area contributed by atoms with Crippen LogP contribution in [0.15, 0.2) is 85.1 Å². The first kappa shape index (κ1) is 23.6. The Kier molecular flexibility index (Phi) is 5.75. The molecule has 0 atom stereocenters. The maximum Gasteiger partial charge on any atom is 0.312 e. The minimum atomic E-state index is -0.525. The van der Waals surface area contributed by atoms with Crippen LogP contribution in [-0.2, 0) is 20.9 Å². The summed E-state index contributed by atoms with van der Waals surface area (Å²) in [5.41, 5.74) is 2.72. The number of rotatable bonds is 8. The summed E-state index contributed by atoms with van der Waals surface area (Å²) < 4.78 is 5.50. The van der Waals surface area contributed by atoms with Gasteiger partial charge in [-0.05, 0) is 67.3 Å². The van der Waals surface area contributed by atoms with Crippen LogP contribution >= 0.6 is 0 Å². The number of ether oxygens (including phenoxy) is 1. The van der Waals surface area contributed by atoms with Crippen molar-refractivity contribution in [3.8, 4) is 11.4 Å². The highest BCUT2D eigenvalue weighted by molar-refractivity contribution is 6.04. The van der Waals surface area contributed by atoms with E-state index in [1.165, 1.54) is 0 Å². The summed E-state index contributed by atoms with van der Waals surface area (Å²) in [6.45, 7) is 0.245. The second-order valence-corrected chi connectivity index (χ2v) is 10.0. The number of benzene rings is 2. The van der Waals surface area contributed by atoms with E-state index in [4.69, 9.17) is 4.74 Å². The molecule has 2 aromatic heterocycles. The van der Waals surface area contributed by atoms with Gasteiger partial charge in [0, 0.05) is 17.6 Å². The Bertz CT molecular complexity index is 1480. The molecule has 9 heteroatoms. The minimum absolute atomic E-state index is 0.0909. The first-order valence-electron chi connectivity index (χ1n) is 12.4. The summed E-state index contributed by atoms with van der Waals surface area (Å²) in [6, 6.07) is 23.4. The fraction of sp³-hybridized carbons (Fsp3) is 0.207. The number of nitrogens with one attached hydrogen (secondary N) is 3. The Morgan fingerprint density at radius 1 is 0.816 bits per heavy atom. The lowest BCUT2D eigenvalue weighted by atomic mass is 9.35. The van der Waals surface area contributed by atoms with Gasteiger partial charge >= 0.3 is 5.97 Å². The van der Waals surface area contributed by atoms with Crippen molar-refractivity contribution in [2.24, 2.45) is 10.8 Å². The van der Waals surface area contributed by atoms with E-state index in [1.54, 1.807) is 54.7 Å². The van der Waals surface area contributed by atoms with Gasteiger partial charge in [0.25, 0.3) is 5.91 Å². The number of nitrogens with zero attached hydrogens (tertiary/aromatic N) is 2. The van der Waals surface area contributed by atoms with Crippen molar-refractivity contribution in [2.75, 3.05) is 10.6 Å². The Morgan fingerprint density at radius 2 is 1.53 bits per heavy atom. The number of amides is 2. The number of aromatic nitrogens is 3. The lowest BCUT2D eigenvalue weighted by molar-refractivity contribution is -0.223. The third-order valence-electron chi connectivity index (χ3n) is 7.32. The molecule has 3 aliphatic rings. The zero-order chi connectivity index (χ0) is 26.2. The van der Waals surface area contributed by atoms with Crippen LogP contribution in [0.2, 0.25) is 0 Å². The Balaban J connectivity index is 1.00. The van der Waals surface area contributed by atoms with Crippen molar-refractivity contribution in [3.63, 3.8) is 0 Å². The van der Waals surface area contributed by atoms with Gasteiger partial charge in [-0.3, -0.25) is 19.5 Å². The molecule has 0 radical (unpaired) electrons. The Hall–Kier alpha value is -4.79. The SMILES string of the molecule is O=C(Nc1ccc(NC(=O)C23CC(C(=O)OCc4ccccc4)(C2)C3)cc1)c1cccc(-c2ccn[nH]2)n1. The van der Waals surface area contributed by atoms with E-state index in [2.05, 4.69) is 25.8 Å². The van der Waals surface area contributed by atoms with Crippen LogP contribution in [-0.4, -0.2) is 33.0 Å². The molecule has 0 unspecified atom stereocenters. The smallest absolute Gasteiger partial charge is 0.312 e. The molecule has 3 saturated carbocycles. The average Bonchev–Trinajstić information content (AvgIpc) is 3.43. The quantitative estimate of drug-likeness (QED) is 0.300. The summed E-state index contributed by atoms with van der Waals surface area (Å²) in [4.78, 5) is 42.6. The molecular weight excluding hydrogens is 482 g/mol. The lowest BCUT2D eigenvalue weighted by Gasteiger charge is -2.66. The predicted molar refractivity (Wildman–Crippen MR) is 140 cm³/mol. The number of carbonyl (C=O) groups excluding carboxylic acids is 3. The van der Waals surface area contributed by atoms with Crippen LogP contribution in [0, 0.1) is 10.8 Å². The van der Waals surface area contributed by atoms with Crippen molar-refractivity contribution in [1.29, 1.82) is 0 Å². The van der Waals surface area contributed by atoms with Gasteiger partial charge in [-0.25, -0.2) is 4.98 Å². The van der Waals surface area contributed by atoms with E-state index in [9.17, 15) is 14.4 Å². The zero-order valence-electron chi connectivity index (χ0n) is 20.4. The molecule has 3 fully saturated rings. The van der Waals surface area contributed by atoms with Crippen LogP contribution in [0.5, 0.6) is 0 Å². The first-order valence-corrected chi connectivity index (χ1v) is 12.4. The highest BCUT2D eigenvalue weighted by atomic mass is 16.5. The Labute approximate surface area is 218 Å². The second-order valence-electron chi connectivity index (χ2n) is 10.0. The maximum absolute atomic E-state index is 12.9. The fourth-order valence-electron chi connectivity index (χ4n) is 5.33. The molecule has 0 aliphatic heterocycles. The molecule has 7 rings (SSSR count). The van der Waals surface area contributed by atoms with Gasteiger partial charge in [0.2, 0.25) is 5.91 Å². The molecule has 190 valence electrons. The van der Waals surface area contributed by atoms with Gasteiger partial charge < -0.3 is 15.4 Å². The number of H-pyrrole nitrogens is 1. The van der Waals surface area contributed by atoms with E-state index in [-0.39, 0.29) is 30.1 Å². The summed E-state index contributed by atoms with van der Waals surface area (Å²) in [7, 11) is 0. The van der Waals surface area contributed by atoms with Crippen LogP contribution in [0.4, 0.5) is 11.4 Å². The third kappa shape index (κ3) is 4.32. The number of esters is 1. The van der Waals surface area contributed by atoms with Crippen LogP contribution in [0.1, 0.15) is 35.3 Å². The third-order valence-corrected chi connectivity index (χ3v) is 7.32. The molecule has 0 spiro atoms. The molecule has 4 aromatic rings. The zero-order valence-corrected chi connectivity index (χ0v) is 20.4. The van der Waals surface area contributed by atoms with E-state index in [0.717, 1.165) is 11.3 Å². The molecule has 2 amide bonds. The normalized spacial score (nSPS) is 20.9. The van der Waals surface area contributed by atoms with Gasteiger partial charge in [-0.15, -0.1) is 0 Å². The highest BCUT2D eigenvalue weighted by Gasteiger charge is 2.75. The van der Waals surface area contributed by atoms with E-state index in [0.29, 0.717) is 36.3 Å². The van der Waals surface area contributed by atoms with Crippen LogP contribution < -0.4 is 10.6 Å². The van der Waals surface area contributed by atoms with Crippen LogP contribution in [0.3, 0.4) is 0 Å². The second kappa shape index (κ2) is 9.26. The molecule has 38 heavy (non-hydrogen) atoms. The summed E-state index contributed by atoms with van der Waals surface area (Å²) >= 11 is 0. The highest BCUT2D eigenvalue weighted by Crippen LogP contribution is 2.74. The number of carbonyl (C=O) groups is 3. The van der Waals surface area contributed by atoms with Gasteiger partial charge in [0.15, 0.2) is 0 Å². The number of hydrogen-bond acceptors (Lipinski definition) is 6. The number of anilines is 2. The monoisotopic (exact) mass is 507 g/mol. The van der Waals surface area contributed by atoms with Crippen LogP contribution in [0.25, 0.3) is 11.4 Å². The van der Waals surface area contributed by atoms with Crippen molar-refractivity contribution in [2.45, 2.75) is 25.9 Å². The van der Waals surface area contributed by atoms with Gasteiger partial charge in [0.1, 0.15) is 12.3 Å². The van der Waals surface area contributed by atoms with E-state index < -0.39 is 10.8 Å². The first-order chi connectivity index (χ1) is 18.4. The number of hydrogen-bond donors (Lipinski definition) is 3. The van der Waals surface area contributed by atoms with Crippen molar-refractivity contribution >= 4 is 29.2 Å². The summed E-state index contributed by atoms with van der Waals surface area (Å²) in [5, 5.41) is 12.5. The molecular formula is C29H25N5O4.